The van der Waals surface area contributed by atoms with Crippen LogP contribution in [0.3, 0.4) is 0 Å². The van der Waals surface area contributed by atoms with E-state index in [0.717, 1.165) is 5.57 Å². The molecule has 11 rings (SSSR count). The summed E-state index contributed by atoms with van der Waals surface area (Å²) < 4.78 is 71.1. The number of carbonyl (C=O) groups excluding carboxylic acids is 1. The van der Waals surface area contributed by atoms with Gasteiger partial charge in [0, 0.05) is 11.3 Å². The summed E-state index contributed by atoms with van der Waals surface area (Å²) in [4.78, 5) is 15.7. The summed E-state index contributed by atoms with van der Waals surface area (Å²) in [7, 11) is 0. The summed E-state index contributed by atoms with van der Waals surface area (Å²) in [5.74, 6) is -2.14. The Morgan fingerprint density at radius 3 is 1.82 bits per heavy atom. The van der Waals surface area contributed by atoms with Gasteiger partial charge in [-0.1, -0.05) is 53.2 Å². The molecular weight excluding hydrogens is 1240 g/mol. The number of hydrogen-bond acceptors (Lipinski definition) is 31. The number of aliphatic hydroxyl groups excluding tert-OH is 17. The van der Waals surface area contributed by atoms with Crippen LogP contribution < -0.4 is 0 Å². The first-order chi connectivity index (χ1) is 43.6. The molecule has 18 N–H and O–H groups in total. The Morgan fingerprint density at radius 2 is 1.16 bits per heavy atom. The summed E-state index contributed by atoms with van der Waals surface area (Å²) in [6.45, 7) is 9.15. The van der Waals surface area contributed by atoms with E-state index < -0.39 is 263 Å². The van der Waals surface area contributed by atoms with Crippen molar-refractivity contribution < 1.29 is 154 Å². The molecule has 0 spiro atoms. The van der Waals surface area contributed by atoms with Crippen LogP contribution in [-0.2, 0) is 61.6 Å². The second kappa shape index (κ2) is 26.5. The van der Waals surface area contributed by atoms with Gasteiger partial charge >= 0.3 is 5.97 Å². The van der Waals surface area contributed by atoms with Crippen molar-refractivity contribution in [1.82, 2.24) is 0 Å². The molecule has 28 unspecified atom stereocenters. The molecule has 5 aliphatic carbocycles. The summed E-state index contributed by atoms with van der Waals surface area (Å²) >= 11 is 0. The number of fused-ring (bicyclic) bond motifs is 7. The first-order valence-electron chi connectivity index (χ1n) is 32.6. The van der Waals surface area contributed by atoms with Crippen molar-refractivity contribution in [3.8, 4) is 0 Å². The van der Waals surface area contributed by atoms with E-state index in [1.807, 2.05) is 6.92 Å². The lowest BCUT2D eigenvalue weighted by Gasteiger charge is -2.72. The number of rotatable bonds is 15. The van der Waals surface area contributed by atoms with Gasteiger partial charge in [-0.05, 0) is 91.8 Å². The number of hydrogen-bond donors (Lipinski definition) is 18. The van der Waals surface area contributed by atoms with Gasteiger partial charge in [-0.25, -0.2) is 0 Å². The van der Waals surface area contributed by atoms with Crippen LogP contribution in [0.2, 0.25) is 0 Å². The minimum Gasteiger partial charge on any atom is -0.432 e. The lowest BCUT2D eigenvalue weighted by atomic mass is 9.33. The van der Waals surface area contributed by atoms with Gasteiger partial charge in [-0.2, -0.15) is 0 Å². The molecule has 0 radical (unpaired) electrons. The normalized spacial score (nSPS) is 55.6. The molecule has 0 aromatic carbocycles. The highest BCUT2D eigenvalue weighted by molar-refractivity contribution is 5.79. The van der Waals surface area contributed by atoms with Crippen LogP contribution in [0.15, 0.2) is 11.6 Å². The monoisotopic (exact) mass is 1340 g/mol. The van der Waals surface area contributed by atoms with Crippen molar-refractivity contribution >= 4 is 5.97 Å². The first-order valence-corrected chi connectivity index (χ1v) is 32.6. The predicted octanol–water partition coefficient (Wildman–Crippen LogP) is -5.89. The molecule has 6 heterocycles. The molecule has 0 bridgehead atoms. The predicted molar refractivity (Wildman–Crippen MR) is 307 cm³/mol. The third-order valence-corrected chi connectivity index (χ3v) is 24.2. The van der Waals surface area contributed by atoms with E-state index in [9.17, 15) is 91.9 Å². The van der Waals surface area contributed by atoms with Gasteiger partial charge in [0.05, 0.1) is 76.1 Å². The average Bonchev–Trinajstić information content (AvgIpc) is 0.950. The van der Waals surface area contributed by atoms with Gasteiger partial charge < -0.3 is 149 Å². The van der Waals surface area contributed by atoms with Crippen LogP contribution in [-0.4, -0.2) is 316 Å². The third kappa shape index (κ3) is 12.1. The molecule has 93 heavy (non-hydrogen) atoms. The fraction of sp³-hybridized carbons (Fsp3) is 0.952. The molecule has 6 saturated heterocycles. The number of aliphatic hydroxyl groups is 18. The van der Waals surface area contributed by atoms with Gasteiger partial charge in [0.2, 0.25) is 6.29 Å². The number of carbonyl (C=O) groups is 1. The minimum absolute atomic E-state index is 0.108. The molecule has 0 aromatic rings. The fourth-order valence-corrected chi connectivity index (χ4v) is 18.6. The molecule has 11 aliphatic rings. The SMILES string of the molecule is CC1OC(O[C@H]2[C@@H](O)C[C@@]3(C)C([C@H](O)C[C@]4(C)C3CC=C3C5CC(C)(C)CC[C@]5(C(=O)OC5OC(CO)C(O)C(O)C5OC5OCC(OC6OCC(OC7OCC(O)C(O)C7O)C(O)C6O)C(OC6OCC(O)(CO)C6O)C5O)CC[C@]34C)[C@]2(C)CO)C(O)C(O)C1O. The Morgan fingerprint density at radius 1 is 0.548 bits per heavy atom. The van der Waals surface area contributed by atoms with Crippen LogP contribution in [0.25, 0.3) is 0 Å². The van der Waals surface area contributed by atoms with Crippen LogP contribution in [0, 0.1) is 50.2 Å². The number of allylic oxidation sites excluding steroid dienone is 2. The summed E-state index contributed by atoms with van der Waals surface area (Å²) in [5, 5.41) is 199. The molecule has 31 nitrogen and oxygen atoms in total. The van der Waals surface area contributed by atoms with Gasteiger partial charge in [-0.3, -0.25) is 4.79 Å². The zero-order valence-corrected chi connectivity index (χ0v) is 53.4. The van der Waals surface area contributed by atoms with E-state index in [2.05, 4.69) is 33.8 Å². The second-order valence-corrected chi connectivity index (χ2v) is 30.4. The minimum atomic E-state index is -2.24. The van der Waals surface area contributed by atoms with Gasteiger partial charge in [0.15, 0.2) is 37.6 Å². The van der Waals surface area contributed by atoms with Gasteiger partial charge in [0.25, 0.3) is 0 Å². The molecule has 10 fully saturated rings. The highest BCUT2D eigenvalue weighted by Gasteiger charge is 2.74. The van der Waals surface area contributed by atoms with Gasteiger partial charge in [-0.15, -0.1) is 0 Å². The average molecular weight is 1340 g/mol. The second-order valence-electron chi connectivity index (χ2n) is 30.4. The van der Waals surface area contributed by atoms with Crippen molar-refractivity contribution in [3.63, 3.8) is 0 Å². The van der Waals surface area contributed by atoms with Crippen LogP contribution >= 0.6 is 0 Å². The number of ether oxygens (including phenoxy) is 12. The maximum absolute atomic E-state index is 15.7. The zero-order chi connectivity index (χ0) is 67.8. The van der Waals surface area contributed by atoms with Crippen LogP contribution in [0.5, 0.6) is 0 Å². The molecule has 534 valence electrons. The Hall–Kier alpha value is -1.95. The molecule has 0 aromatic heterocycles. The third-order valence-electron chi connectivity index (χ3n) is 24.2. The quantitative estimate of drug-likeness (QED) is 0.0412. The molecular formula is C62H100O31. The molecule has 36 atom stereocenters. The van der Waals surface area contributed by atoms with Crippen molar-refractivity contribution in [2.45, 2.75) is 271 Å². The highest BCUT2D eigenvalue weighted by atomic mass is 16.8. The lowest BCUT2D eigenvalue weighted by Crippen LogP contribution is -2.72. The Labute approximate surface area is 537 Å². The fourth-order valence-electron chi connectivity index (χ4n) is 18.6. The highest BCUT2D eigenvalue weighted by Crippen LogP contribution is 2.76. The van der Waals surface area contributed by atoms with E-state index in [0.29, 0.717) is 32.1 Å². The topological polar surface area (TPSA) is 492 Å². The van der Waals surface area contributed by atoms with Crippen LogP contribution in [0.4, 0.5) is 0 Å². The van der Waals surface area contributed by atoms with Crippen molar-refractivity contribution in [1.29, 1.82) is 0 Å². The van der Waals surface area contributed by atoms with E-state index in [-0.39, 0.29) is 30.6 Å². The largest absolute Gasteiger partial charge is 0.432 e. The van der Waals surface area contributed by atoms with E-state index in [1.165, 1.54) is 6.92 Å². The van der Waals surface area contributed by atoms with Crippen LogP contribution in [0.1, 0.15) is 99.8 Å². The van der Waals surface area contributed by atoms with Crippen molar-refractivity contribution in [3.05, 3.63) is 11.6 Å². The van der Waals surface area contributed by atoms with E-state index in [1.54, 1.807) is 6.92 Å². The van der Waals surface area contributed by atoms with Crippen molar-refractivity contribution in [2.75, 3.05) is 46.2 Å². The maximum atomic E-state index is 15.7. The van der Waals surface area contributed by atoms with E-state index >= 15 is 4.79 Å². The lowest BCUT2D eigenvalue weighted by molar-refractivity contribution is -0.377. The first kappa shape index (κ1) is 72.3. The molecule has 6 aliphatic heterocycles. The van der Waals surface area contributed by atoms with Gasteiger partial charge in [0.1, 0.15) is 103 Å². The Bertz CT molecular complexity index is 2640. The van der Waals surface area contributed by atoms with E-state index in [4.69, 9.17) is 56.8 Å². The maximum Gasteiger partial charge on any atom is 0.315 e. The summed E-state index contributed by atoms with van der Waals surface area (Å²) in [5.41, 5.74) is -6.41. The Balaban J connectivity index is 0.837. The molecule has 31 heteroatoms. The van der Waals surface area contributed by atoms with Crippen molar-refractivity contribution in [2.24, 2.45) is 50.2 Å². The summed E-state index contributed by atoms with van der Waals surface area (Å²) in [6, 6.07) is 0. The Kier molecular flexibility index (Phi) is 20.6. The zero-order valence-electron chi connectivity index (χ0n) is 53.4. The molecule has 4 saturated carbocycles. The standard InChI is InChI=1S/C62H100O31/c1-24-34(69)38(73)42(77)52(86-24)92-48-28(67)15-57(4)33-9-8-25-26-14-56(2,3)10-12-61(26,13-11-59(25,6)60(33,7)16-27(66)46(57)58(48,5)21-64)55(80)93-53-45(39(74)36(71)30(17-63)87-53)91-51-43(78)44(90-54-47(79)62(81,22-65)23-85-54)32(20-84-51)89-50-41(76)37(72)31(19-83-50)88-49-40(75)35(70)29(68)18-82-49/h8,24,26-54,63-79,81H,9-23H2,1-7H3/t24?,26?,27-,28+,29?,30?,31?,32?,33?,34?,35?,36?,37?,38?,39?,40?,41?,42?,43?,44?,45?,46?,47?,48+,49?,50?,51?,52?,53?,54?,57-,58+,59-,60-,61+,62?/m1/s1. The molecule has 0 amide bonds. The smallest absolute Gasteiger partial charge is 0.315 e. The number of esters is 1. The summed E-state index contributed by atoms with van der Waals surface area (Å²) in [6.07, 6.45) is -39.3.